The molecular weight excluding hydrogens is 298 g/mol. The van der Waals surface area contributed by atoms with Gasteiger partial charge in [-0.05, 0) is 48.6 Å². The van der Waals surface area contributed by atoms with Crippen LogP contribution >= 0.6 is 0 Å². The summed E-state index contributed by atoms with van der Waals surface area (Å²) in [5, 5.41) is 0. The number of amides is 1. The molecule has 1 aliphatic rings. The van der Waals surface area contributed by atoms with Gasteiger partial charge in [0.2, 0.25) is 0 Å². The molecule has 4 nitrogen and oxygen atoms in total. The molecule has 0 aliphatic carbocycles. The Balaban J connectivity index is 1.99. The van der Waals surface area contributed by atoms with Gasteiger partial charge >= 0.3 is 0 Å². The second kappa shape index (κ2) is 7.05. The zero-order chi connectivity index (χ0) is 17.1. The van der Waals surface area contributed by atoms with Crippen LogP contribution in [0.5, 0.6) is 0 Å². The molecule has 0 bridgehead atoms. The summed E-state index contributed by atoms with van der Waals surface area (Å²) in [6, 6.07) is 14.1. The smallest absolute Gasteiger partial charge is 0.258 e. The average Bonchev–Trinajstić information content (AvgIpc) is 2.83. The van der Waals surface area contributed by atoms with Crippen LogP contribution in [0.2, 0.25) is 0 Å². The Morgan fingerprint density at radius 1 is 1.17 bits per heavy atom. The topological polar surface area (TPSA) is 49.6 Å². The molecule has 0 aromatic heterocycles. The van der Waals surface area contributed by atoms with Gasteiger partial charge in [0.1, 0.15) is 0 Å². The quantitative estimate of drug-likeness (QED) is 0.944. The van der Waals surface area contributed by atoms with Crippen molar-refractivity contribution in [3.63, 3.8) is 0 Å². The van der Waals surface area contributed by atoms with E-state index in [1.165, 1.54) is 5.56 Å². The summed E-state index contributed by atoms with van der Waals surface area (Å²) < 4.78 is 0. The van der Waals surface area contributed by atoms with Crippen molar-refractivity contribution >= 4 is 17.3 Å². The summed E-state index contributed by atoms with van der Waals surface area (Å²) in [6.07, 6.45) is 3.19. The minimum absolute atomic E-state index is 0.0658. The van der Waals surface area contributed by atoms with Gasteiger partial charge < -0.3 is 15.5 Å². The molecule has 2 aromatic rings. The van der Waals surface area contributed by atoms with Gasteiger partial charge in [-0.3, -0.25) is 4.79 Å². The first-order valence-corrected chi connectivity index (χ1v) is 8.52. The van der Waals surface area contributed by atoms with E-state index in [0.717, 1.165) is 42.7 Å². The number of carbonyl (C=O) groups excluding carboxylic acids is 1. The fourth-order valence-electron chi connectivity index (χ4n) is 3.34. The van der Waals surface area contributed by atoms with Gasteiger partial charge in [0.25, 0.3) is 5.91 Å². The van der Waals surface area contributed by atoms with E-state index in [9.17, 15) is 4.79 Å². The summed E-state index contributed by atoms with van der Waals surface area (Å²) in [4.78, 5) is 17.1. The standard InChI is InChI=1S/C20H25N3O/c1-22(2)19-13-16(10-11-17(19)14-21)20(24)23-12-6-5-8-15-7-3-4-9-18(15)23/h3-4,7,9-11,13H,5-6,8,12,14,21H2,1-2H3. The molecule has 24 heavy (non-hydrogen) atoms. The SMILES string of the molecule is CN(C)c1cc(C(=O)N2CCCCc3ccccc32)ccc1CN. The minimum Gasteiger partial charge on any atom is -0.377 e. The molecule has 1 amide bonds. The highest BCUT2D eigenvalue weighted by Gasteiger charge is 2.22. The molecule has 2 aromatic carbocycles. The molecule has 1 aliphatic heterocycles. The van der Waals surface area contributed by atoms with Crippen molar-refractivity contribution in [2.24, 2.45) is 5.73 Å². The molecule has 0 saturated heterocycles. The lowest BCUT2D eigenvalue weighted by Gasteiger charge is -2.24. The fraction of sp³-hybridized carbons (Fsp3) is 0.350. The summed E-state index contributed by atoms with van der Waals surface area (Å²) in [5.41, 5.74) is 10.9. The number of fused-ring (bicyclic) bond motifs is 1. The third-order valence-corrected chi connectivity index (χ3v) is 4.64. The lowest BCUT2D eigenvalue weighted by Crippen LogP contribution is -2.32. The van der Waals surface area contributed by atoms with Crippen molar-refractivity contribution < 1.29 is 4.79 Å². The molecule has 126 valence electrons. The minimum atomic E-state index is 0.0658. The lowest BCUT2D eigenvalue weighted by molar-refractivity contribution is 0.0987. The Labute approximate surface area is 143 Å². The van der Waals surface area contributed by atoms with Gasteiger partial charge in [-0.15, -0.1) is 0 Å². The molecule has 0 spiro atoms. The van der Waals surface area contributed by atoms with Crippen LogP contribution < -0.4 is 15.5 Å². The van der Waals surface area contributed by atoms with E-state index in [0.29, 0.717) is 12.1 Å². The first-order valence-electron chi connectivity index (χ1n) is 8.52. The number of para-hydroxylation sites is 1. The molecule has 2 N–H and O–H groups in total. The maximum atomic E-state index is 13.2. The number of benzene rings is 2. The van der Waals surface area contributed by atoms with Crippen molar-refractivity contribution in [2.75, 3.05) is 30.4 Å². The van der Waals surface area contributed by atoms with Crippen LogP contribution in [0.15, 0.2) is 42.5 Å². The molecular formula is C20H25N3O. The third kappa shape index (κ3) is 3.15. The number of rotatable bonds is 3. The fourth-order valence-corrected chi connectivity index (χ4v) is 3.34. The van der Waals surface area contributed by atoms with Gasteiger partial charge in [0, 0.05) is 44.1 Å². The number of nitrogens with two attached hydrogens (primary N) is 1. The monoisotopic (exact) mass is 323 g/mol. The zero-order valence-electron chi connectivity index (χ0n) is 14.5. The lowest BCUT2D eigenvalue weighted by atomic mass is 10.1. The highest BCUT2D eigenvalue weighted by atomic mass is 16.2. The van der Waals surface area contributed by atoms with Crippen LogP contribution in [0.1, 0.15) is 34.3 Å². The molecule has 0 saturated carbocycles. The van der Waals surface area contributed by atoms with Gasteiger partial charge in [-0.1, -0.05) is 24.3 Å². The maximum absolute atomic E-state index is 13.2. The molecule has 4 heteroatoms. The summed E-state index contributed by atoms with van der Waals surface area (Å²) >= 11 is 0. The Bertz CT molecular complexity index is 739. The van der Waals surface area contributed by atoms with Gasteiger partial charge in [0.05, 0.1) is 0 Å². The second-order valence-corrected chi connectivity index (χ2v) is 6.48. The van der Waals surface area contributed by atoms with E-state index >= 15 is 0 Å². The largest absolute Gasteiger partial charge is 0.377 e. The van der Waals surface area contributed by atoms with Gasteiger partial charge in [0.15, 0.2) is 0 Å². The highest BCUT2D eigenvalue weighted by Crippen LogP contribution is 2.29. The third-order valence-electron chi connectivity index (χ3n) is 4.64. The second-order valence-electron chi connectivity index (χ2n) is 6.48. The van der Waals surface area contributed by atoms with Crippen LogP contribution in [0.25, 0.3) is 0 Å². The molecule has 0 fully saturated rings. The van der Waals surface area contributed by atoms with Crippen molar-refractivity contribution in [2.45, 2.75) is 25.8 Å². The van der Waals surface area contributed by atoms with Crippen LogP contribution in [0.3, 0.4) is 0 Å². The van der Waals surface area contributed by atoms with Crippen molar-refractivity contribution in [3.8, 4) is 0 Å². The summed E-state index contributed by atoms with van der Waals surface area (Å²) in [7, 11) is 3.95. The molecule has 0 unspecified atom stereocenters. The van der Waals surface area contributed by atoms with E-state index in [4.69, 9.17) is 5.73 Å². The van der Waals surface area contributed by atoms with E-state index < -0.39 is 0 Å². The zero-order valence-corrected chi connectivity index (χ0v) is 14.5. The van der Waals surface area contributed by atoms with Crippen molar-refractivity contribution in [3.05, 3.63) is 59.2 Å². The van der Waals surface area contributed by atoms with Crippen LogP contribution in [0.4, 0.5) is 11.4 Å². The molecule has 0 atom stereocenters. The number of aryl methyl sites for hydroxylation is 1. The number of nitrogens with zero attached hydrogens (tertiary/aromatic N) is 2. The van der Waals surface area contributed by atoms with Crippen LogP contribution in [-0.4, -0.2) is 26.5 Å². The maximum Gasteiger partial charge on any atom is 0.258 e. The molecule has 1 heterocycles. The predicted octanol–water partition coefficient (Wildman–Crippen LogP) is 3.19. The predicted molar refractivity (Wildman–Crippen MR) is 99.7 cm³/mol. The highest BCUT2D eigenvalue weighted by molar-refractivity contribution is 6.07. The first kappa shape index (κ1) is 16.5. The van der Waals surface area contributed by atoms with E-state index in [1.54, 1.807) is 0 Å². The summed E-state index contributed by atoms with van der Waals surface area (Å²) in [5.74, 6) is 0.0658. The number of anilines is 2. The molecule has 0 radical (unpaired) electrons. The van der Waals surface area contributed by atoms with E-state index in [-0.39, 0.29) is 5.91 Å². The Kier molecular flexibility index (Phi) is 4.86. The first-order chi connectivity index (χ1) is 11.6. The number of carbonyl (C=O) groups is 1. The average molecular weight is 323 g/mol. The number of hydrogen-bond acceptors (Lipinski definition) is 3. The van der Waals surface area contributed by atoms with Crippen LogP contribution in [-0.2, 0) is 13.0 Å². The van der Waals surface area contributed by atoms with E-state index in [2.05, 4.69) is 12.1 Å². The van der Waals surface area contributed by atoms with Gasteiger partial charge in [-0.2, -0.15) is 0 Å². The Hall–Kier alpha value is -2.33. The van der Waals surface area contributed by atoms with Crippen LogP contribution in [0, 0.1) is 0 Å². The van der Waals surface area contributed by atoms with Crippen molar-refractivity contribution in [1.29, 1.82) is 0 Å². The number of hydrogen-bond donors (Lipinski definition) is 1. The normalized spacial score (nSPS) is 14.0. The van der Waals surface area contributed by atoms with Crippen molar-refractivity contribution in [1.82, 2.24) is 0 Å². The Morgan fingerprint density at radius 3 is 2.71 bits per heavy atom. The molecule has 3 rings (SSSR count). The van der Waals surface area contributed by atoms with E-state index in [1.807, 2.05) is 54.2 Å². The Morgan fingerprint density at radius 2 is 1.96 bits per heavy atom. The summed E-state index contributed by atoms with van der Waals surface area (Å²) in [6.45, 7) is 1.24. The van der Waals surface area contributed by atoms with Gasteiger partial charge in [-0.25, -0.2) is 0 Å².